The van der Waals surface area contributed by atoms with E-state index >= 15 is 0 Å². The number of aryl methyl sites for hydroxylation is 2. The number of amides is 1. The summed E-state index contributed by atoms with van der Waals surface area (Å²) in [7, 11) is 0. The van der Waals surface area contributed by atoms with Crippen LogP contribution in [0.2, 0.25) is 5.02 Å². The van der Waals surface area contributed by atoms with Gasteiger partial charge in [0.15, 0.2) is 0 Å². The van der Waals surface area contributed by atoms with E-state index in [2.05, 4.69) is 30.9 Å². The molecule has 0 N–H and O–H groups in total. The molecule has 1 aliphatic rings. The van der Waals surface area contributed by atoms with Crippen LogP contribution in [0.4, 0.5) is 10.1 Å². The van der Waals surface area contributed by atoms with Crippen molar-refractivity contribution >= 4 is 23.2 Å². The second-order valence-electron chi connectivity index (χ2n) is 8.86. The van der Waals surface area contributed by atoms with Crippen LogP contribution in [0.1, 0.15) is 21.6 Å². The van der Waals surface area contributed by atoms with Crippen molar-refractivity contribution in [2.24, 2.45) is 0 Å². The van der Waals surface area contributed by atoms with Crippen molar-refractivity contribution in [2.45, 2.75) is 13.8 Å². The average molecular weight is 489 g/mol. The predicted molar refractivity (Wildman–Crippen MR) is 138 cm³/mol. The number of hydrogen-bond acceptors (Lipinski definition) is 3. The van der Waals surface area contributed by atoms with Crippen molar-refractivity contribution in [2.75, 3.05) is 31.1 Å². The number of piperazine rings is 1. The summed E-state index contributed by atoms with van der Waals surface area (Å²) in [5, 5.41) is 5.46. The van der Waals surface area contributed by atoms with Crippen molar-refractivity contribution in [1.82, 2.24) is 14.7 Å². The minimum Gasteiger partial charge on any atom is -0.368 e. The van der Waals surface area contributed by atoms with Gasteiger partial charge < -0.3 is 9.80 Å². The Morgan fingerprint density at radius 3 is 2.29 bits per heavy atom. The second kappa shape index (κ2) is 9.55. The molecule has 0 bridgehead atoms. The molecule has 0 radical (unpaired) electrons. The third-order valence-corrected chi connectivity index (χ3v) is 6.78. The lowest BCUT2D eigenvalue weighted by atomic mass is 10.0. The van der Waals surface area contributed by atoms with Crippen LogP contribution in [-0.2, 0) is 0 Å². The minimum atomic E-state index is -0.333. The summed E-state index contributed by atoms with van der Waals surface area (Å²) in [6, 6.07) is 21.8. The smallest absolute Gasteiger partial charge is 0.272 e. The topological polar surface area (TPSA) is 41.4 Å². The molecule has 1 aromatic heterocycles. The van der Waals surface area contributed by atoms with Crippen LogP contribution in [0.3, 0.4) is 0 Å². The van der Waals surface area contributed by atoms with Gasteiger partial charge in [-0.05, 0) is 79.6 Å². The molecule has 0 atom stereocenters. The number of nitrogens with zero attached hydrogens (tertiary/aromatic N) is 4. The highest BCUT2D eigenvalue weighted by Crippen LogP contribution is 2.26. The SMILES string of the molecule is Cc1ccc(-c2cc(C(=O)N3CCN(c4cccc(Cl)c4)CC3)n(-c3ccc(F)cc3)n2)cc1C. The van der Waals surface area contributed by atoms with Gasteiger partial charge in [-0.2, -0.15) is 5.10 Å². The number of rotatable bonds is 4. The highest BCUT2D eigenvalue weighted by atomic mass is 35.5. The van der Waals surface area contributed by atoms with Gasteiger partial charge in [-0.3, -0.25) is 4.79 Å². The van der Waals surface area contributed by atoms with Gasteiger partial charge in [-0.15, -0.1) is 0 Å². The van der Waals surface area contributed by atoms with Gasteiger partial charge in [-0.25, -0.2) is 9.07 Å². The van der Waals surface area contributed by atoms with Crippen LogP contribution in [0.15, 0.2) is 72.8 Å². The molecule has 0 saturated carbocycles. The zero-order chi connectivity index (χ0) is 24.5. The van der Waals surface area contributed by atoms with Crippen molar-refractivity contribution in [1.29, 1.82) is 0 Å². The first-order valence-corrected chi connectivity index (χ1v) is 12.0. The first-order valence-electron chi connectivity index (χ1n) is 11.6. The number of benzene rings is 3. The Labute approximate surface area is 209 Å². The Bertz CT molecular complexity index is 1370. The molecule has 1 fully saturated rings. The Hall–Kier alpha value is -3.64. The summed E-state index contributed by atoms with van der Waals surface area (Å²) in [5.74, 6) is -0.428. The molecular formula is C28H26ClFN4O. The highest BCUT2D eigenvalue weighted by Gasteiger charge is 2.26. The van der Waals surface area contributed by atoms with E-state index in [4.69, 9.17) is 16.7 Å². The van der Waals surface area contributed by atoms with Crippen LogP contribution in [-0.4, -0.2) is 46.8 Å². The van der Waals surface area contributed by atoms with Gasteiger partial charge in [-0.1, -0.05) is 29.8 Å². The van der Waals surface area contributed by atoms with Crippen molar-refractivity contribution in [3.8, 4) is 16.9 Å². The Balaban J connectivity index is 1.44. The van der Waals surface area contributed by atoms with Gasteiger partial charge in [0.25, 0.3) is 5.91 Å². The van der Waals surface area contributed by atoms with E-state index in [1.54, 1.807) is 16.8 Å². The normalized spacial score (nSPS) is 13.8. The van der Waals surface area contributed by atoms with E-state index in [0.717, 1.165) is 16.8 Å². The summed E-state index contributed by atoms with van der Waals surface area (Å²) < 4.78 is 15.2. The lowest BCUT2D eigenvalue weighted by molar-refractivity contribution is 0.0737. The Morgan fingerprint density at radius 1 is 0.857 bits per heavy atom. The summed E-state index contributed by atoms with van der Waals surface area (Å²) in [4.78, 5) is 17.8. The van der Waals surface area contributed by atoms with Crippen molar-refractivity contribution < 1.29 is 9.18 Å². The van der Waals surface area contributed by atoms with Crippen molar-refractivity contribution in [3.63, 3.8) is 0 Å². The van der Waals surface area contributed by atoms with E-state index in [0.29, 0.717) is 48.3 Å². The second-order valence-corrected chi connectivity index (χ2v) is 9.30. The molecule has 2 heterocycles. The standard InChI is InChI=1S/C28H26ClFN4O/c1-19-6-7-21(16-20(19)2)26-18-27(34(31-26)24-10-8-23(30)9-11-24)28(35)33-14-12-32(13-15-33)25-5-3-4-22(29)17-25/h3-11,16-18H,12-15H2,1-2H3. The molecule has 1 aliphatic heterocycles. The van der Waals surface area contributed by atoms with Crippen LogP contribution < -0.4 is 4.90 Å². The third kappa shape index (κ3) is 4.80. The number of carbonyl (C=O) groups is 1. The van der Waals surface area contributed by atoms with Gasteiger partial charge in [0.1, 0.15) is 11.5 Å². The summed E-state index contributed by atoms with van der Waals surface area (Å²) in [5.41, 5.74) is 6.15. The van der Waals surface area contributed by atoms with E-state index in [1.165, 1.54) is 17.7 Å². The summed E-state index contributed by atoms with van der Waals surface area (Å²) >= 11 is 6.16. The molecule has 35 heavy (non-hydrogen) atoms. The fourth-order valence-electron chi connectivity index (χ4n) is 4.36. The average Bonchev–Trinajstić information content (AvgIpc) is 3.31. The largest absolute Gasteiger partial charge is 0.368 e. The molecule has 4 aromatic rings. The van der Waals surface area contributed by atoms with E-state index in [1.807, 2.05) is 41.3 Å². The maximum absolute atomic E-state index is 13.7. The zero-order valence-electron chi connectivity index (χ0n) is 19.7. The lowest BCUT2D eigenvalue weighted by Crippen LogP contribution is -2.49. The quantitative estimate of drug-likeness (QED) is 0.358. The monoisotopic (exact) mass is 488 g/mol. The summed E-state index contributed by atoms with van der Waals surface area (Å²) in [6.45, 7) is 6.70. The van der Waals surface area contributed by atoms with E-state index < -0.39 is 0 Å². The molecule has 5 nitrogen and oxygen atoms in total. The molecular weight excluding hydrogens is 463 g/mol. The molecule has 0 spiro atoms. The molecule has 5 rings (SSSR count). The fraction of sp³-hybridized carbons (Fsp3) is 0.214. The maximum Gasteiger partial charge on any atom is 0.272 e. The highest BCUT2D eigenvalue weighted by molar-refractivity contribution is 6.30. The molecule has 178 valence electrons. The Kier molecular flexibility index (Phi) is 6.31. The minimum absolute atomic E-state index is 0.0948. The van der Waals surface area contributed by atoms with Crippen LogP contribution >= 0.6 is 11.6 Å². The lowest BCUT2D eigenvalue weighted by Gasteiger charge is -2.36. The zero-order valence-corrected chi connectivity index (χ0v) is 20.5. The van der Waals surface area contributed by atoms with Gasteiger partial charge in [0.2, 0.25) is 0 Å². The van der Waals surface area contributed by atoms with Gasteiger partial charge >= 0.3 is 0 Å². The third-order valence-electron chi connectivity index (χ3n) is 6.54. The Morgan fingerprint density at radius 2 is 1.60 bits per heavy atom. The van der Waals surface area contributed by atoms with Gasteiger partial charge in [0, 0.05) is 42.5 Å². The number of anilines is 1. The molecule has 0 unspecified atom stereocenters. The molecule has 1 amide bonds. The number of hydrogen-bond donors (Lipinski definition) is 0. The first kappa shape index (κ1) is 23.1. The fourth-order valence-corrected chi connectivity index (χ4v) is 4.54. The maximum atomic E-state index is 13.7. The molecule has 3 aromatic carbocycles. The molecule has 0 aliphatic carbocycles. The summed E-state index contributed by atoms with van der Waals surface area (Å²) in [6.07, 6.45) is 0. The van der Waals surface area contributed by atoms with E-state index in [-0.39, 0.29) is 11.7 Å². The molecule has 1 saturated heterocycles. The molecule has 7 heteroatoms. The van der Waals surface area contributed by atoms with Gasteiger partial charge in [0.05, 0.1) is 11.4 Å². The van der Waals surface area contributed by atoms with Crippen molar-refractivity contribution in [3.05, 3.63) is 100 Å². The van der Waals surface area contributed by atoms with Crippen LogP contribution in [0.25, 0.3) is 16.9 Å². The predicted octanol–water partition coefficient (Wildman–Crippen LogP) is 5.91. The number of aromatic nitrogens is 2. The number of halogens is 2. The van der Waals surface area contributed by atoms with E-state index in [9.17, 15) is 9.18 Å². The number of carbonyl (C=O) groups excluding carboxylic acids is 1. The van der Waals surface area contributed by atoms with Crippen LogP contribution in [0, 0.1) is 19.7 Å². The first-order chi connectivity index (χ1) is 16.9. The van der Waals surface area contributed by atoms with Crippen LogP contribution in [0.5, 0.6) is 0 Å².